The molecule has 2 aromatic rings. The molecule has 1 heterocycles. The molecule has 0 saturated heterocycles. The molecule has 1 N–H and O–H groups in total. The van der Waals surface area contributed by atoms with Gasteiger partial charge in [-0.05, 0) is 32.0 Å². The molecule has 5 nitrogen and oxygen atoms in total. The van der Waals surface area contributed by atoms with Gasteiger partial charge in [0.25, 0.3) is 0 Å². The number of sulfone groups is 1. The molecule has 0 fully saturated rings. The standard InChI is InChI=1S/C12H15NO4S/c1-8-13-10-6-9(4-5-11(10)17-8)18(15,16)12(2,3)7-14/h4-6,14H,7H2,1-3H3. The zero-order valence-electron chi connectivity index (χ0n) is 10.5. The Morgan fingerprint density at radius 1 is 1.39 bits per heavy atom. The highest BCUT2D eigenvalue weighted by atomic mass is 32.2. The van der Waals surface area contributed by atoms with Gasteiger partial charge in [0.15, 0.2) is 21.3 Å². The minimum Gasteiger partial charge on any atom is -0.441 e. The smallest absolute Gasteiger partial charge is 0.192 e. The number of benzene rings is 1. The number of fused-ring (bicyclic) bond motifs is 1. The lowest BCUT2D eigenvalue weighted by atomic mass is 10.2. The first-order valence-electron chi connectivity index (χ1n) is 5.50. The fourth-order valence-corrected chi connectivity index (χ4v) is 2.92. The Bertz CT molecular complexity index is 685. The van der Waals surface area contributed by atoms with Gasteiger partial charge in [0.1, 0.15) is 5.52 Å². The highest BCUT2D eigenvalue weighted by Crippen LogP contribution is 2.27. The van der Waals surface area contributed by atoms with E-state index in [4.69, 9.17) is 4.42 Å². The maximum absolute atomic E-state index is 12.3. The van der Waals surface area contributed by atoms with E-state index >= 15 is 0 Å². The molecule has 0 amide bonds. The predicted octanol–water partition coefficient (Wildman–Crippen LogP) is 1.68. The van der Waals surface area contributed by atoms with Crippen LogP contribution in [0.15, 0.2) is 27.5 Å². The first kappa shape index (κ1) is 13.0. The number of hydrogen-bond donors (Lipinski definition) is 1. The van der Waals surface area contributed by atoms with Crippen LogP contribution in [0.25, 0.3) is 11.1 Å². The van der Waals surface area contributed by atoms with Crippen molar-refractivity contribution in [2.75, 3.05) is 6.61 Å². The molecule has 0 aliphatic carbocycles. The molecule has 1 aromatic heterocycles. The van der Waals surface area contributed by atoms with Gasteiger partial charge in [-0.15, -0.1) is 0 Å². The Hall–Kier alpha value is -1.40. The number of aliphatic hydroxyl groups is 1. The van der Waals surface area contributed by atoms with Gasteiger partial charge in [-0.1, -0.05) is 0 Å². The number of rotatable bonds is 3. The van der Waals surface area contributed by atoms with E-state index in [1.54, 1.807) is 13.0 Å². The summed E-state index contributed by atoms with van der Waals surface area (Å²) in [6.07, 6.45) is 0. The van der Waals surface area contributed by atoms with Crippen molar-refractivity contribution in [3.63, 3.8) is 0 Å². The normalized spacial score (nSPS) is 13.1. The maximum atomic E-state index is 12.3. The Morgan fingerprint density at radius 2 is 2.06 bits per heavy atom. The van der Waals surface area contributed by atoms with Gasteiger partial charge >= 0.3 is 0 Å². The number of oxazole rings is 1. The predicted molar refractivity (Wildman–Crippen MR) is 67.1 cm³/mol. The highest BCUT2D eigenvalue weighted by Gasteiger charge is 2.35. The maximum Gasteiger partial charge on any atom is 0.192 e. The van der Waals surface area contributed by atoms with Gasteiger partial charge in [0.05, 0.1) is 16.2 Å². The molecular formula is C12H15NO4S. The first-order valence-corrected chi connectivity index (χ1v) is 6.99. The van der Waals surface area contributed by atoms with Gasteiger partial charge in [-0.2, -0.15) is 0 Å². The summed E-state index contributed by atoms with van der Waals surface area (Å²) in [5.41, 5.74) is 1.05. The average molecular weight is 269 g/mol. The Labute approximate surface area is 105 Å². The van der Waals surface area contributed by atoms with Gasteiger partial charge < -0.3 is 9.52 Å². The van der Waals surface area contributed by atoms with Crippen molar-refractivity contribution in [3.05, 3.63) is 24.1 Å². The monoisotopic (exact) mass is 269 g/mol. The SMILES string of the molecule is Cc1nc2cc(S(=O)(=O)C(C)(C)CO)ccc2o1. The van der Waals surface area contributed by atoms with Crippen LogP contribution < -0.4 is 0 Å². The van der Waals surface area contributed by atoms with Crippen LogP contribution in [-0.2, 0) is 9.84 Å². The van der Waals surface area contributed by atoms with E-state index < -0.39 is 21.2 Å². The molecular weight excluding hydrogens is 254 g/mol. The summed E-state index contributed by atoms with van der Waals surface area (Å²) in [5, 5.41) is 9.20. The summed E-state index contributed by atoms with van der Waals surface area (Å²) in [7, 11) is -3.60. The molecule has 98 valence electrons. The third-order valence-electron chi connectivity index (χ3n) is 2.88. The molecule has 1 aromatic carbocycles. The lowest BCUT2D eigenvalue weighted by molar-refractivity contribution is 0.258. The van der Waals surface area contributed by atoms with Gasteiger partial charge in [0, 0.05) is 6.92 Å². The Balaban J connectivity index is 2.61. The number of aryl methyl sites for hydroxylation is 1. The van der Waals surface area contributed by atoms with E-state index in [1.165, 1.54) is 26.0 Å². The second-order valence-electron chi connectivity index (χ2n) is 4.78. The lowest BCUT2D eigenvalue weighted by Gasteiger charge is -2.21. The number of hydrogen-bond acceptors (Lipinski definition) is 5. The summed E-state index contributed by atoms with van der Waals surface area (Å²) >= 11 is 0. The van der Waals surface area contributed by atoms with E-state index in [9.17, 15) is 13.5 Å². The quantitative estimate of drug-likeness (QED) is 0.917. The topological polar surface area (TPSA) is 80.4 Å². The third kappa shape index (κ3) is 1.91. The summed E-state index contributed by atoms with van der Waals surface area (Å²) in [5.74, 6) is 0.487. The van der Waals surface area contributed by atoms with Crippen LogP contribution in [0.3, 0.4) is 0 Å². The van der Waals surface area contributed by atoms with E-state index in [-0.39, 0.29) is 4.90 Å². The third-order valence-corrected chi connectivity index (χ3v) is 5.34. The van der Waals surface area contributed by atoms with Crippen molar-refractivity contribution in [3.8, 4) is 0 Å². The molecule has 0 radical (unpaired) electrons. The zero-order valence-corrected chi connectivity index (χ0v) is 11.3. The molecule has 18 heavy (non-hydrogen) atoms. The van der Waals surface area contributed by atoms with Crippen LogP contribution >= 0.6 is 0 Å². The molecule has 0 unspecified atom stereocenters. The molecule has 0 atom stereocenters. The van der Waals surface area contributed by atoms with E-state index in [2.05, 4.69) is 4.98 Å². The molecule has 0 bridgehead atoms. The minimum absolute atomic E-state index is 0.141. The minimum atomic E-state index is -3.60. The summed E-state index contributed by atoms with van der Waals surface area (Å²) in [6.45, 7) is 4.23. The average Bonchev–Trinajstić information content (AvgIpc) is 2.67. The Morgan fingerprint density at radius 3 is 2.67 bits per heavy atom. The van der Waals surface area contributed by atoms with E-state index in [0.717, 1.165) is 0 Å². The highest BCUT2D eigenvalue weighted by molar-refractivity contribution is 7.92. The van der Waals surface area contributed by atoms with Crippen LogP contribution in [-0.4, -0.2) is 29.9 Å². The second kappa shape index (κ2) is 4.07. The van der Waals surface area contributed by atoms with Crippen LogP contribution in [0, 0.1) is 6.92 Å². The summed E-state index contributed by atoms with van der Waals surface area (Å²) in [6, 6.07) is 4.52. The van der Waals surface area contributed by atoms with E-state index in [0.29, 0.717) is 17.0 Å². The van der Waals surface area contributed by atoms with Gasteiger partial charge in [0.2, 0.25) is 0 Å². The van der Waals surface area contributed by atoms with Crippen molar-refractivity contribution in [2.45, 2.75) is 30.4 Å². The van der Waals surface area contributed by atoms with E-state index in [1.807, 2.05) is 0 Å². The lowest BCUT2D eigenvalue weighted by Crippen LogP contribution is -2.35. The number of aliphatic hydroxyl groups excluding tert-OH is 1. The summed E-state index contributed by atoms with van der Waals surface area (Å²) < 4.78 is 28.7. The number of nitrogens with zero attached hydrogens (tertiary/aromatic N) is 1. The van der Waals surface area contributed by atoms with Crippen LogP contribution in [0.4, 0.5) is 0 Å². The van der Waals surface area contributed by atoms with Crippen molar-refractivity contribution in [1.29, 1.82) is 0 Å². The van der Waals surface area contributed by atoms with Crippen LogP contribution in [0.2, 0.25) is 0 Å². The van der Waals surface area contributed by atoms with Crippen molar-refractivity contribution >= 4 is 20.9 Å². The van der Waals surface area contributed by atoms with Crippen LogP contribution in [0.1, 0.15) is 19.7 Å². The number of aromatic nitrogens is 1. The molecule has 2 rings (SSSR count). The fraction of sp³-hybridized carbons (Fsp3) is 0.417. The van der Waals surface area contributed by atoms with Crippen molar-refractivity contribution < 1.29 is 17.9 Å². The molecule has 6 heteroatoms. The zero-order chi connectivity index (χ0) is 13.6. The van der Waals surface area contributed by atoms with Crippen LogP contribution in [0.5, 0.6) is 0 Å². The van der Waals surface area contributed by atoms with Crippen molar-refractivity contribution in [2.24, 2.45) is 0 Å². The fourth-order valence-electron chi connectivity index (χ4n) is 1.59. The molecule has 0 aliphatic heterocycles. The van der Waals surface area contributed by atoms with Gasteiger partial charge in [-0.25, -0.2) is 13.4 Å². The first-order chi connectivity index (χ1) is 8.28. The second-order valence-corrected chi connectivity index (χ2v) is 7.37. The van der Waals surface area contributed by atoms with Crippen molar-refractivity contribution in [1.82, 2.24) is 4.98 Å². The molecule has 0 spiro atoms. The molecule has 0 aliphatic rings. The summed E-state index contributed by atoms with van der Waals surface area (Å²) in [4.78, 5) is 4.24. The Kier molecular flexibility index (Phi) is 2.95. The largest absolute Gasteiger partial charge is 0.441 e. The molecule has 0 saturated carbocycles. The van der Waals surface area contributed by atoms with Gasteiger partial charge in [-0.3, -0.25) is 0 Å².